The number of pyridine rings is 1. The van der Waals surface area contributed by atoms with E-state index in [9.17, 15) is 18.0 Å². The molecule has 4 rings (SSSR count). The summed E-state index contributed by atoms with van der Waals surface area (Å²) in [5.41, 5.74) is 2.49. The van der Waals surface area contributed by atoms with Gasteiger partial charge in [-0.3, -0.25) is 4.98 Å². The number of unbranched alkanes of at least 4 members (excludes halogenated alkanes) is 2. The molecule has 3 aromatic carbocycles. The number of fused-ring (bicyclic) bond motifs is 1. The molecule has 1 aromatic heterocycles. The van der Waals surface area contributed by atoms with Gasteiger partial charge in [-0.25, -0.2) is 4.79 Å². The van der Waals surface area contributed by atoms with Crippen LogP contribution in [-0.4, -0.2) is 38.0 Å². The first-order valence-corrected chi connectivity index (χ1v) is 13.7. The van der Waals surface area contributed by atoms with Crippen LogP contribution in [0.15, 0.2) is 60.7 Å². The Morgan fingerprint density at radius 1 is 0.930 bits per heavy atom. The lowest BCUT2D eigenvalue weighted by Gasteiger charge is -2.18. The molecule has 43 heavy (non-hydrogen) atoms. The Kier molecular flexibility index (Phi) is 10.4. The number of carbonyl (C=O) groups is 1. The number of ether oxygens (including phenoxy) is 6. The van der Waals surface area contributed by atoms with Gasteiger partial charge in [-0.15, -0.1) is 13.2 Å². The standard InChI is InChI=1S/C31H29ClF3NO7/c1-4-5-6-15-39-30(37)41-18-40-29-24-16-25(32)27(38-3)17-26(24)36-19(2)28(29)20-7-9-21(10-8-20)42-22-11-13-23(14-12-22)43-31(33,34)35/h7-14,16-17H,4-6,15,18H2,1-3H3. The molecule has 0 amide bonds. The largest absolute Gasteiger partial charge is 0.573 e. The van der Waals surface area contributed by atoms with Crippen molar-refractivity contribution in [1.29, 1.82) is 0 Å². The van der Waals surface area contributed by atoms with Crippen LogP contribution in [0.25, 0.3) is 22.0 Å². The van der Waals surface area contributed by atoms with Crippen molar-refractivity contribution in [3.05, 3.63) is 71.4 Å². The van der Waals surface area contributed by atoms with E-state index in [0.717, 1.165) is 31.4 Å². The molecule has 4 aromatic rings. The molecule has 0 aliphatic heterocycles. The third kappa shape index (κ3) is 8.57. The summed E-state index contributed by atoms with van der Waals surface area (Å²) >= 11 is 6.43. The van der Waals surface area contributed by atoms with Gasteiger partial charge in [0.05, 0.1) is 24.3 Å². The van der Waals surface area contributed by atoms with Gasteiger partial charge < -0.3 is 28.4 Å². The Balaban J connectivity index is 1.58. The second-order valence-electron chi connectivity index (χ2n) is 9.26. The number of carbonyl (C=O) groups excluding carboxylic acids is 1. The summed E-state index contributed by atoms with van der Waals surface area (Å²) < 4.78 is 68.5. The number of halogens is 4. The predicted octanol–water partition coefficient (Wildman–Crippen LogP) is 9.24. The van der Waals surface area contributed by atoms with E-state index in [4.69, 9.17) is 40.3 Å². The molecule has 0 aliphatic rings. The molecular weight excluding hydrogens is 591 g/mol. The summed E-state index contributed by atoms with van der Waals surface area (Å²) in [5.74, 6) is 1.21. The molecule has 0 aliphatic carbocycles. The van der Waals surface area contributed by atoms with E-state index in [-0.39, 0.29) is 12.4 Å². The van der Waals surface area contributed by atoms with Gasteiger partial charge >= 0.3 is 12.5 Å². The van der Waals surface area contributed by atoms with E-state index >= 15 is 0 Å². The number of aryl methyl sites for hydroxylation is 1. The zero-order chi connectivity index (χ0) is 31.0. The Morgan fingerprint density at radius 2 is 1.58 bits per heavy atom. The number of hydrogen-bond donors (Lipinski definition) is 0. The fraction of sp³-hybridized carbons (Fsp3) is 0.290. The lowest BCUT2D eigenvalue weighted by atomic mass is 10.00. The number of methoxy groups -OCH3 is 1. The van der Waals surface area contributed by atoms with Crippen molar-refractivity contribution in [2.75, 3.05) is 20.5 Å². The second-order valence-corrected chi connectivity index (χ2v) is 9.67. The van der Waals surface area contributed by atoms with Crippen LogP contribution in [0, 0.1) is 6.92 Å². The molecule has 8 nitrogen and oxygen atoms in total. The molecule has 0 radical (unpaired) electrons. The third-order valence-corrected chi connectivity index (χ3v) is 6.47. The Morgan fingerprint density at radius 3 is 2.21 bits per heavy atom. The molecule has 0 fully saturated rings. The van der Waals surface area contributed by atoms with Gasteiger partial charge in [0, 0.05) is 22.7 Å². The van der Waals surface area contributed by atoms with Gasteiger partial charge in [0.25, 0.3) is 0 Å². The Bertz CT molecular complexity index is 1550. The normalized spacial score (nSPS) is 11.2. The summed E-state index contributed by atoms with van der Waals surface area (Å²) in [6.07, 6.45) is -2.95. The molecule has 0 saturated carbocycles. The zero-order valence-electron chi connectivity index (χ0n) is 23.6. The average Bonchev–Trinajstić information content (AvgIpc) is 2.96. The van der Waals surface area contributed by atoms with Gasteiger partial charge in [0.1, 0.15) is 28.7 Å². The first-order chi connectivity index (χ1) is 20.6. The molecule has 0 bridgehead atoms. The Labute approximate surface area is 251 Å². The number of nitrogens with zero attached hydrogens (tertiary/aromatic N) is 1. The lowest BCUT2D eigenvalue weighted by molar-refractivity contribution is -0.274. The van der Waals surface area contributed by atoms with E-state index in [0.29, 0.717) is 55.7 Å². The molecular formula is C31H29ClF3NO7. The quantitative estimate of drug-likeness (QED) is 0.0881. The van der Waals surface area contributed by atoms with Gasteiger partial charge in [0.2, 0.25) is 6.79 Å². The molecule has 0 N–H and O–H groups in total. The van der Waals surface area contributed by atoms with Crippen LogP contribution in [0.1, 0.15) is 31.9 Å². The molecule has 0 saturated heterocycles. The van der Waals surface area contributed by atoms with Crippen LogP contribution >= 0.6 is 11.6 Å². The van der Waals surface area contributed by atoms with Crippen LogP contribution in [0.4, 0.5) is 18.0 Å². The number of alkyl halides is 3. The van der Waals surface area contributed by atoms with Crippen molar-refractivity contribution in [2.45, 2.75) is 39.5 Å². The first kappa shape index (κ1) is 31.6. The van der Waals surface area contributed by atoms with Crippen molar-refractivity contribution in [1.82, 2.24) is 4.98 Å². The van der Waals surface area contributed by atoms with E-state index < -0.39 is 19.3 Å². The minimum Gasteiger partial charge on any atom is -0.495 e. The summed E-state index contributed by atoms with van der Waals surface area (Å²) in [5, 5.41) is 0.899. The van der Waals surface area contributed by atoms with Crippen molar-refractivity contribution < 1.29 is 46.4 Å². The summed E-state index contributed by atoms with van der Waals surface area (Å²) in [6.45, 7) is 3.69. The van der Waals surface area contributed by atoms with E-state index in [2.05, 4.69) is 4.74 Å². The van der Waals surface area contributed by atoms with Crippen molar-refractivity contribution in [3.8, 4) is 39.9 Å². The molecule has 12 heteroatoms. The Hall–Kier alpha value is -4.38. The first-order valence-electron chi connectivity index (χ1n) is 13.3. The van der Waals surface area contributed by atoms with Crippen molar-refractivity contribution >= 4 is 28.7 Å². The van der Waals surface area contributed by atoms with Crippen LogP contribution in [0.2, 0.25) is 5.02 Å². The van der Waals surface area contributed by atoms with Crippen LogP contribution in [0.5, 0.6) is 28.7 Å². The van der Waals surface area contributed by atoms with Crippen molar-refractivity contribution in [2.24, 2.45) is 0 Å². The highest BCUT2D eigenvalue weighted by atomic mass is 35.5. The molecule has 1 heterocycles. The number of rotatable bonds is 12. The van der Waals surface area contributed by atoms with E-state index in [1.807, 2.05) is 6.92 Å². The lowest BCUT2D eigenvalue weighted by Crippen LogP contribution is -2.16. The fourth-order valence-electron chi connectivity index (χ4n) is 4.22. The van der Waals surface area contributed by atoms with Crippen molar-refractivity contribution in [3.63, 3.8) is 0 Å². The summed E-state index contributed by atoms with van der Waals surface area (Å²) in [6, 6.07) is 15.3. The maximum atomic E-state index is 12.4. The SMILES string of the molecule is CCCCCOC(=O)OCOc1c(-c2ccc(Oc3ccc(OC(F)(F)F)cc3)cc2)c(C)nc2cc(OC)c(Cl)cc12. The summed E-state index contributed by atoms with van der Waals surface area (Å²) in [4.78, 5) is 16.8. The van der Waals surface area contributed by atoms with Crippen LogP contribution < -0.4 is 18.9 Å². The zero-order valence-corrected chi connectivity index (χ0v) is 24.4. The number of benzene rings is 3. The minimum absolute atomic E-state index is 0.254. The fourth-order valence-corrected chi connectivity index (χ4v) is 4.46. The molecule has 0 unspecified atom stereocenters. The second kappa shape index (κ2) is 14.2. The topological polar surface area (TPSA) is 85.3 Å². The molecule has 228 valence electrons. The highest BCUT2D eigenvalue weighted by Gasteiger charge is 2.31. The maximum absolute atomic E-state index is 12.4. The van der Waals surface area contributed by atoms with Gasteiger partial charge in [-0.1, -0.05) is 43.5 Å². The highest BCUT2D eigenvalue weighted by molar-refractivity contribution is 6.33. The third-order valence-electron chi connectivity index (χ3n) is 6.18. The van der Waals surface area contributed by atoms with Crippen LogP contribution in [0.3, 0.4) is 0 Å². The van der Waals surface area contributed by atoms with Gasteiger partial charge in [-0.05, 0) is 61.4 Å². The van der Waals surface area contributed by atoms with Gasteiger partial charge in [0.15, 0.2) is 0 Å². The van der Waals surface area contributed by atoms with Crippen LogP contribution in [-0.2, 0) is 9.47 Å². The molecule has 0 spiro atoms. The monoisotopic (exact) mass is 619 g/mol. The molecule has 0 atom stereocenters. The van der Waals surface area contributed by atoms with Gasteiger partial charge in [-0.2, -0.15) is 0 Å². The van der Waals surface area contributed by atoms with E-state index in [1.165, 1.54) is 19.2 Å². The average molecular weight is 620 g/mol. The maximum Gasteiger partial charge on any atom is 0.573 e. The number of hydrogen-bond acceptors (Lipinski definition) is 8. The smallest absolute Gasteiger partial charge is 0.495 e. The van der Waals surface area contributed by atoms with E-state index in [1.54, 1.807) is 43.3 Å². The summed E-state index contributed by atoms with van der Waals surface area (Å²) in [7, 11) is 1.50. The highest BCUT2D eigenvalue weighted by Crippen LogP contribution is 2.42. The predicted molar refractivity (Wildman–Crippen MR) is 154 cm³/mol. The number of aromatic nitrogens is 1. The minimum atomic E-state index is -4.78.